The number of hydrogen-bond donors (Lipinski definition) is 0. The molecule has 0 fully saturated rings. The van der Waals surface area contributed by atoms with Crippen molar-refractivity contribution in [3.05, 3.63) is 47.1 Å². The van der Waals surface area contributed by atoms with Crippen LogP contribution in [0.15, 0.2) is 41.5 Å². The lowest BCUT2D eigenvalue weighted by Gasteiger charge is -2.01. The first-order valence-electron chi connectivity index (χ1n) is 6.07. The molecule has 2 heteroatoms. The molecule has 0 atom stereocenters. The highest BCUT2D eigenvalue weighted by Gasteiger charge is 1.96. The second-order valence-corrected chi connectivity index (χ2v) is 4.55. The summed E-state index contributed by atoms with van der Waals surface area (Å²) in [5, 5.41) is 0. The van der Waals surface area contributed by atoms with Gasteiger partial charge in [0.05, 0.1) is 0 Å². The Kier molecular flexibility index (Phi) is 5.37. The molecule has 0 aliphatic heterocycles. The van der Waals surface area contributed by atoms with Gasteiger partial charge in [0.25, 0.3) is 0 Å². The fraction of sp³-hybridized carbons (Fsp3) is 0.312. The molecule has 0 bridgehead atoms. The largest absolute Gasteiger partial charge is 0.427 e. The SMILES string of the molecule is CC(=O)Oc1ccc(/C=C/CC(C)=C(C)C)cc1. The number of carbonyl (C=O) groups excluding carboxylic acids is 1. The van der Waals surface area contributed by atoms with Gasteiger partial charge >= 0.3 is 5.97 Å². The van der Waals surface area contributed by atoms with E-state index in [1.165, 1.54) is 18.1 Å². The Bertz CT molecular complexity index is 460. The molecule has 0 heterocycles. The number of allylic oxidation sites excluding steroid dienone is 3. The van der Waals surface area contributed by atoms with Crippen molar-refractivity contribution in [1.29, 1.82) is 0 Å². The number of esters is 1. The maximum atomic E-state index is 10.8. The lowest BCUT2D eigenvalue weighted by molar-refractivity contribution is -0.131. The van der Waals surface area contributed by atoms with E-state index in [0.717, 1.165) is 12.0 Å². The van der Waals surface area contributed by atoms with Crippen molar-refractivity contribution in [3.8, 4) is 5.75 Å². The molecule has 1 rings (SSSR count). The van der Waals surface area contributed by atoms with Gasteiger partial charge in [0, 0.05) is 6.92 Å². The van der Waals surface area contributed by atoms with Gasteiger partial charge < -0.3 is 4.74 Å². The molecule has 2 nitrogen and oxygen atoms in total. The molecule has 0 saturated carbocycles. The van der Waals surface area contributed by atoms with Crippen LogP contribution in [0.5, 0.6) is 5.75 Å². The van der Waals surface area contributed by atoms with Crippen molar-refractivity contribution >= 4 is 12.0 Å². The van der Waals surface area contributed by atoms with Crippen LogP contribution < -0.4 is 4.74 Å². The van der Waals surface area contributed by atoms with Crippen LogP contribution in [0, 0.1) is 0 Å². The third kappa shape index (κ3) is 5.00. The molecule has 0 saturated heterocycles. The van der Waals surface area contributed by atoms with Crippen molar-refractivity contribution < 1.29 is 9.53 Å². The summed E-state index contributed by atoms with van der Waals surface area (Å²) in [4.78, 5) is 10.8. The first kappa shape index (κ1) is 14.2. The molecule has 1 aromatic rings. The van der Waals surface area contributed by atoms with Crippen LogP contribution in [0.25, 0.3) is 6.08 Å². The molecule has 96 valence electrons. The van der Waals surface area contributed by atoms with E-state index in [-0.39, 0.29) is 5.97 Å². The van der Waals surface area contributed by atoms with E-state index in [1.807, 2.05) is 12.1 Å². The van der Waals surface area contributed by atoms with Crippen molar-refractivity contribution in [1.82, 2.24) is 0 Å². The molecule has 0 spiro atoms. The van der Waals surface area contributed by atoms with E-state index in [9.17, 15) is 4.79 Å². The maximum absolute atomic E-state index is 10.8. The zero-order chi connectivity index (χ0) is 13.5. The van der Waals surface area contributed by atoms with E-state index in [4.69, 9.17) is 4.74 Å². The Morgan fingerprint density at radius 2 is 1.72 bits per heavy atom. The fourth-order valence-electron chi connectivity index (χ4n) is 1.39. The average Bonchev–Trinajstić information content (AvgIpc) is 2.30. The van der Waals surface area contributed by atoms with Crippen LogP contribution >= 0.6 is 0 Å². The van der Waals surface area contributed by atoms with Crippen LogP contribution in [-0.2, 0) is 4.79 Å². The zero-order valence-electron chi connectivity index (χ0n) is 11.5. The minimum atomic E-state index is -0.294. The van der Waals surface area contributed by atoms with Gasteiger partial charge in [-0.25, -0.2) is 0 Å². The van der Waals surface area contributed by atoms with Crippen molar-refractivity contribution in [2.24, 2.45) is 0 Å². The van der Waals surface area contributed by atoms with Gasteiger partial charge in [-0.05, 0) is 44.9 Å². The molecular formula is C16H20O2. The van der Waals surface area contributed by atoms with Crippen LogP contribution in [0.1, 0.15) is 39.7 Å². The highest BCUT2D eigenvalue weighted by molar-refractivity contribution is 5.69. The van der Waals surface area contributed by atoms with Crippen LogP contribution in [0.4, 0.5) is 0 Å². The Hall–Kier alpha value is -1.83. The Balaban J connectivity index is 2.61. The van der Waals surface area contributed by atoms with Gasteiger partial charge in [-0.2, -0.15) is 0 Å². The van der Waals surface area contributed by atoms with Crippen molar-refractivity contribution in [2.75, 3.05) is 0 Å². The van der Waals surface area contributed by atoms with Crippen LogP contribution in [0.2, 0.25) is 0 Å². The van der Waals surface area contributed by atoms with Crippen LogP contribution in [0.3, 0.4) is 0 Å². The van der Waals surface area contributed by atoms with Gasteiger partial charge in [-0.3, -0.25) is 4.79 Å². The van der Waals surface area contributed by atoms with Crippen molar-refractivity contribution in [2.45, 2.75) is 34.1 Å². The molecule has 0 N–H and O–H groups in total. The van der Waals surface area contributed by atoms with Gasteiger partial charge in [0.15, 0.2) is 0 Å². The molecule has 18 heavy (non-hydrogen) atoms. The number of carbonyl (C=O) groups is 1. The van der Waals surface area contributed by atoms with Gasteiger partial charge in [-0.15, -0.1) is 0 Å². The second-order valence-electron chi connectivity index (χ2n) is 4.55. The normalized spacial score (nSPS) is 10.4. The number of rotatable bonds is 4. The summed E-state index contributed by atoms with van der Waals surface area (Å²) < 4.78 is 4.97. The van der Waals surface area contributed by atoms with Crippen LogP contribution in [-0.4, -0.2) is 5.97 Å². The molecule has 0 aliphatic carbocycles. The summed E-state index contributed by atoms with van der Waals surface area (Å²) >= 11 is 0. The number of hydrogen-bond acceptors (Lipinski definition) is 2. The highest BCUT2D eigenvalue weighted by Crippen LogP contribution is 2.14. The third-order valence-corrected chi connectivity index (χ3v) is 2.73. The third-order valence-electron chi connectivity index (χ3n) is 2.73. The van der Waals surface area contributed by atoms with Gasteiger partial charge in [0.1, 0.15) is 5.75 Å². The first-order valence-corrected chi connectivity index (χ1v) is 6.07. The zero-order valence-corrected chi connectivity index (χ0v) is 11.5. The molecule has 0 amide bonds. The standard InChI is InChI=1S/C16H20O2/c1-12(2)13(3)6-5-7-15-8-10-16(11-9-15)18-14(4)17/h5,7-11H,6H2,1-4H3/b7-5+. The molecular weight excluding hydrogens is 224 g/mol. The summed E-state index contributed by atoms with van der Waals surface area (Å²) in [7, 11) is 0. The monoisotopic (exact) mass is 244 g/mol. The molecule has 1 aromatic carbocycles. The van der Waals surface area contributed by atoms with Gasteiger partial charge in [0.2, 0.25) is 0 Å². The predicted molar refractivity (Wildman–Crippen MR) is 75.5 cm³/mol. The summed E-state index contributed by atoms with van der Waals surface area (Å²) in [5.74, 6) is 0.289. The summed E-state index contributed by atoms with van der Waals surface area (Å²) in [6, 6.07) is 7.48. The minimum Gasteiger partial charge on any atom is -0.427 e. The molecule has 0 unspecified atom stereocenters. The second kappa shape index (κ2) is 6.80. The van der Waals surface area contributed by atoms with E-state index in [2.05, 4.69) is 32.9 Å². The lowest BCUT2D eigenvalue weighted by Crippen LogP contribution is -2.00. The predicted octanol–water partition coefficient (Wildman–Crippen LogP) is 4.37. The summed E-state index contributed by atoms with van der Waals surface area (Å²) in [6.07, 6.45) is 5.18. The van der Waals surface area contributed by atoms with Gasteiger partial charge in [-0.1, -0.05) is 35.4 Å². The molecule has 0 aliphatic rings. The van der Waals surface area contributed by atoms with E-state index >= 15 is 0 Å². The highest BCUT2D eigenvalue weighted by atomic mass is 16.5. The maximum Gasteiger partial charge on any atom is 0.308 e. The topological polar surface area (TPSA) is 26.3 Å². The Morgan fingerprint density at radius 1 is 1.11 bits per heavy atom. The first-order chi connectivity index (χ1) is 8.49. The van der Waals surface area contributed by atoms with E-state index < -0.39 is 0 Å². The summed E-state index contributed by atoms with van der Waals surface area (Å²) in [5.41, 5.74) is 3.86. The van der Waals surface area contributed by atoms with Crippen molar-refractivity contribution in [3.63, 3.8) is 0 Å². The summed E-state index contributed by atoms with van der Waals surface area (Å²) in [6.45, 7) is 7.79. The minimum absolute atomic E-state index is 0.294. The molecule has 0 radical (unpaired) electrons. The number of benzene rings is 1. The van der Waals surface area contributed by atoms with E-state index in [0.29, 0.717) is 5.75 Å². The Morgan fingerprint density at radius 3 is 2.22 bits per heavy atom. The Labute approximate surface area is 109 Å². The quantitative estimate of drug-likeness (QED) is 0.446. The smallest absolute Gasteiger partial charge is 0.308 e. The lowest BCUT2D eigenvalue weighted by atomic mass is 10.1. The number of ether oxygens (including phenoxy) is 1. The van der Waals surface area contributed by atoms with E-state index in [1.54, 1.807) is 12.1 Å². The molecule has 0 aromatic heterocycles. The fourth-order valence-corrected chi connectivity index (χ4v) is 1.39. The average molecular weight is 244 g/mol.